The number of hydrogen-bond acceptors (Lipinski definition) is 3. The van der Waals surface area contributed by atoms with Crippen LogP contribution in [0.25, 0.3) is 0 Å². The largest absolute Gasteiger partial charge is 0.381 e. The molecule has 9 heavy (non-hydrogen) atoms. The Bertz CT molecular complexity index is 79.1. The average Bonchev–Trinajstić information content (AvgIpc) is 1.90. The highest BCUT2D eigenvalue weighted by molar-refractivity contribution is 4.67. The summed E-state index contributed by atoms with van der Waals surface area (Å²) in [5.74, 6) is 5.53. The Balaban J connectivity index is 2.18. The van der Waals surface area contributed by atoms with Crippen LogP contribution in [0, 0.1) is 0 Å². The fourth-order valence-electron chi connectivity index (χ4n) is 1.11. The fraction of sp³-hybridized carbons (Fsp3) is 1.00. The minimum absolute atomic E-state index is 0.449. The molecule has 1 aliphatic rings. The number of nitrogens with zero attached hydrogens (tertiary/aromatic N) is 1. The molecule has 3 heteroatoms. The zero-order valence-electron chi connectivity index (χ0n) is 5.84. The normalized spacial score (nSPS) is 24.7. The second-order valence-electron chi connectivity index (χ2n) is 2.47. The molecule has 1 saturated heterocycles. The van der Waals surface area contributed by atoms with Gasteiger partial charge >= 0.3 is 0 Å². The van der Waals surface area contributed by atoms with Gasteiger partial charge in [0.2, 0.25) is 0 Å². The van der Waals surface area contributed by atoms with Crippen LogP contribution in [0.5, 0.6) is 0 Å². The van der Waals surface area contributed by atoms with Gasteiger partial charge in [0.15, 0.2) is 0 Å². The number of methoxy groups -OCH3 is 1. The molecule has 0 aromatic rings. The predicted octanol–water partition coefficient (Wildman–Crippen LogP) is -0.0291. The Morgan fingerprint density at radius 3 is 2.44 bits per heavy atom. The highest BCUT2D eigenvalue weighted by Gasteiger charge is 2.15. The van der Waals surface area contributed by atoms with Crippen LogP contribution in [0.1, 0.15) is 12.8 Å². The van der Waals surface area contributed by atoms with Gasteiger partial charge in [0.25, 0.3) is 0 Å². The second kappa shape index (κ2) is 3.15. The number of piperidine rings is 1. The van der Waals surface area contributed by atoms with E-state index in [9.17, 15) is 0 Å². The van der Waals surface area contributed by atoms with Crippen LogP contribution in [0.15, 0.2) is 0 Å². The van der Waals surface area contributed by atoms with Crippen LogP contribution < -0.4 is 5.84 Å². The Hall–Kier alpha value is -0.120. The van der Waals surface area contributed by atoms with E-state index >= 15 is 0 Å². The third kappa shape index (κ3) is 1.93. The molecule has 54 valence electrons. The van der Waals surface area contributed by atoms with E-state index in [1.807, 2.05) is 5.01 Å². The molecule has 0 saturated carbocycles. The lowest BCUT2D eigenvalue weighted by molar-refractivity contribution is 0.0411. The maximum atomic E-state index is 5.53. The van der Waals surface area contributed by atoms with Crippen molar-refractivity contribution >= 4 is 0 Å². The fourth-order valence-corrected chi connectivity index (χ4v) is 1.11. The first-order chi connectivity index (χ1) is 4.33. The molecular formula is C6H14N2O. The minimum atomic E-state index is 0.449. The number of rotatable bonds is 1. The number of hydrogen-bond donors (Lipinski definition) is 1. The monoisotopic (exact) mass is 130 g/mol. The van der Waals surface area contributed by atoms with Gasteiger partial charge in [-0.15, -0.1) is 0 Å². The summed E-state index contributed by atoms with van der Waals surface area (Å²) in [4.78, 5) is 0. The van der Waals surface area contributed by atoms with Gasteiger partial charge in [0.1, 0.15) is 0 Å². The molecule has 0 unspecified atom stereocenters. The lowest BCUT2D eigenvalue weighted by Crippen LogP contribution is -2.41. The van der Waals surface area contributed by atoms with Gasteiger partial charge in [-0.1, -0.05) is 0 Å². The van der Waals surface area contributed by atoms with Gasteiger partial charge < -0.3 is 4.74 Å². The molecule has 0 bridgehead atoms. The highest BCUT2D eigenvalue weighted by atomic mass is 16.5. The van der Waals surface area contributed by atoms with Gasteiger partial charge in [-0.3, -0.25) is 5.84 Å². The molecule has 0 aliphatic carbocycles. The van der Waals surface area contributed by atoms with Gasteiger partial charge in [-0.05, 0) is 12.8 Å². The summed E-state index contributed by atoms with van der Waals surface area (Å²) in [6.07, 6.45) is 2.60. The lowest BCUT2D eigenvalue weighted by Gasteiger charge is -2.27. The van der Waals surface area contributed by atoms with Crippen LogP contribution in [-0.2, 0) is 4.74 Å². The first-order valence-corrected chi connectivity index (χ1v) is 3.35. The summed E-state index contributed by atoms with van der Waals surface area (Å²) in [6, 6.07) is 0. The van der Waals surface area contributed by atoms with E-state index in [1.54, 1.807) is 7.11 Å². The Morgan fingerprint density at radius 1 is 1.44 bits per heavy atom. The van der Waals surface area contributed by atoms with Crippen LogP contribution in [0.2, 0.25) is 0 Å². The topological polar surface area (TPSA) is 38.5 Å². The highest BCUT2D eigenvalue weighted by Crippen LogP contribution is 2.08. The van der Waals surface area contributed by atoms with Crippen molar-refractivity contribution in [2.24, 2.45) is 5.84 Å². The Kier molecular flexibility index (Phi) is 2.45. The first kappa shape index (κ1) is 6.99. The molecule has 1 rings (SSSR count). The van der Waals surface area contributed by atoms with Crippen molar-refractivity contribution in [3.63, 3.8) is 0 Å². The van der Waals surface area contributed by atoms with E-state index in [4.69, 9.17) is 10.6 Å². The van der Waals surface area contributed by atoms with E-state index in [1.165, 1.54) is 0 Å². The van der Waals surface area contributed by atoms with E-state index in [0.717, 1.165) is 25.9 Å². The van der Waals surface area contributed by atoms with Crippen LogP contribution in [0.3, 0.4) is 0 Å². The molecule has 0 aromatic carbocycles. The zero-order valence-corrected chi connectivity index (χ0v) is 5.84. The SMILES string of the molecule is COC1CCN(N)CC1. The quantitative estimate of drug-likeness (QED) is 0.507. The summed E-state index contributed by atoms with van der Waals surface area (Å²) in [7, 11) is 1.76. The average molecular weight is 130 g/mol. The standard InChI is InChI=1S/C6H14N2O/c1-9-6-2-4-8(7)5-3-6/h6H,2-5,7H2,1H3. The molecule has 0 aromatic heterocycles. The molecule has 0 amide bonds. The summed E-state index contributed by atoms with van der Waals surface area (Å²) >= 11 is 0. The molecule has 1 heterocycles. The molecule has 1 aliphatic heterocycles. The summed E-state index contributed by atoms with van der Waals surface area (Å²) in [5, 5.41) is 1.84. The van der Waals surface area contributed by atoms with Crippen molar-refractivity contribution in [2.75, 3.05) is 20.2 Å². The predicted molar refractivity (Wildman–Crippen MR) is 35.8 cm³/mol. The summed E-state index contributed by atoms with van der Waals surface area (Å²) in [5.41, 5.74) is 0. The minimum Gasteiger partial charge on any atom is -0.381 e. The van der Waals surface area contributed by atoms with Crippen molar-refractivity contribution < 1.29 is 4.74 Å². The molecule has 0 atom stereocenters. The molecule has 0 spiro atoms. The van der Waals surface area contributed by atoms with Crippen molar-refractivity contribution in [3.05, 3.63) is 0 Å². The van der Waals surface area contributed by atoms with Gasteiger partial charge in [0, 0.05) is 20.2 Å². The van der Waals surface area contributed by atoms with Crippen molar-refractivity contribution in [1.82, 2.24) is 5.01 Å². The maximum absolute atomic E-state index is 5.53. The van der Waals surface area contributed by atoms with Crippen LogP contribution >= 0.6 is 0 Å². The van der Waals surface area contributed by atoms with Crippen LogP contribution in [0.4, 0.5) is 0 Å². The number of nitrogens with two attached hydrogens (primary N) is 1. The summed E-state index contributed by atoms with van der Waals surface area (Å²) in [6.45, 7) is 1.94. The van der Waals surface area contributed by atoms with E-state index < -0.39 is 0 Å². The van der Waals surface area contributed by atoms with E-state index in [-0.39, 0.29) is 0 Å². The summed E-state index contributed by atoms with van der Waals surface area (Å²) < 4.78 is 5.16. The molecule has 2 N–H and O–H groups in total. The first-order valence-electron chi connectivity index (χ1n) is 3.35. The van der Waals surface area contributed by atoms with Gasteiger partial charge in [0.05, 0.1) is 6.10 Å². The van der Waals surface area contributed by atoms with Crippen LogP contribution in [-0.4, -0.2) is 31.3 Å². The Labute approximate surface area is 55.7 Å². The molecular weight excluding hydrogens is 116 g/mol. The maximum Gasteiger partial charge on any atom is 0.0596 e. The van der Waals surface area contributed by atoms with Gasteiger partial charge in [-0.2, -0.15) is 0 Å². The van der Waals surface area contributed by atoms with E-state index in [0.29, 0.717) is 6.10 Å². The zero-order chi connectivity index (χ0) is 6.69. The van der Waals surface area contributed by atoms with Crippen molar-refractivity contribution in [2.45, 2.75) is 18.9 Å². The Morgan fingerprint density at radius 2 is 2.00 bits per heavy atom. The van der Waals surface area contributed by atoms with Crippen molar-refractivity contribution in [1.29, 1.82) is 0 Å². The number of hydrazine groups is 1. The molecule has 0 radical (unpaired) electrons. The third-order valence-corrected chi connectivity index (χ3v) is 1.81. The van der Waals surface area contributed by atoms with Gasteiger partial charge in [-0.25, -0.2) is 5.01 Å². The number of ether oxygens (including phenoxy) is 1. The lowest BCUT2D eigenvalue weighted by atomic mass is 10.1. The molecule has 3 nitrogen and oxygen atoms in total. The van der Waals surface area contributed by atoms with E-state index in [2.05, 4.69) is 0 Å². The smallest absolute Gasteiger partial charge is 0.0596 e. The van der Waals surface area contributed by atoms with Crippen molar-refractivity contribution in [3.8, 4) is 0 Å². The second-order valence-corrected chi connectivity index (χ2v) is 2.47. The third-order valence-electron chi connectivity index (χ3n) is 1.81. The molecule has 1 fully saturated rings.